The fourth-order valence-electron chi connectivity index (χ4n) is 4.31. The van der Waals surface area contributed by atoms with Crippen molar-refractivity contribution < 1.29 is 39.6 Å². The summed E-state index contributed by atoms with van der Waals surface area (Å²) in [6, 6.07) is -1.84. The van der Waals surface area contributed by atoms with Gasteiger partial charge in [-0.2, -0.15) is 0 Å². The molecule has 32 heavy (non-hydrogen) atoms. The van der Waals surface area contributed by atoms with E-state index in [0.717, 1.165) is 50.0 Å². The van der Waals surface area contributed by atoms with Crippen LogP contribution >= 0.6 is 0 Å². The third-order valence-electron chi connectivity index (χ3n) is 6.09. The van der Waals surface area contributed by atoms with Gasteiger partial charge in [0.15, 0.2) is 5.92 Å². The van der Waals surface area contributed by atoms with E-state index >= 15 is 0 Å². The zero-order valence-corrected chi connectivity index (χ0v) is 18.7. The molecule has 0 bridgehead atoms. The number of hydrogen-bond donors (Lipinski definition) is 5. The Morgan fingerprint density at radius 1 is 0.625 bits per heavy atom. The third kappa shape index (κ3) is 10.4. The van der Waals surface area contributed by atoms with Gasteiger partial charge in [-0.15, -0.1) is 0 Å². The molecule has 1 rings (SSSR count). The van der Waals surface area contributed by atoms with Gasteiger partial charge in [-0.05, 0) is 25.2 Å². The highest BCUT2D eigenvalue weighted by Crippen LogP contribution is 2.25. The van der Waals surface area contributed by atoms with Crippen molar-refractivity contribution in [3.8, 4) is 0 Å². The molecular formula is C22H38N2O8. The van der Waals surface area contributed by atoms with Crippen LogP contribution in [0.3, 0.4) is 0 Å². The fraction of sp³-hybridized carbons (Fsp3) is 0.818. The molecule has 1 saturated heterocycles. The van der Waals surface area contributed by atoms with Crippen molar-refractivity contribution >= 4 is 23.9 Å². The molecule has 0 aromatic carbocycles. The van der Waals surface area contributed by atoms with Crippen LogP contribution in [0.5, 0.6) is 0 Å². The Hall–Kier alpha value is -2.20. The summed E-state index contributed by atoms with van der Waals surface area (Å²) >= 11 is 0. The summed E-state index contributed by atoms with van der Waals surface area (Å²) in [6.07, 6.45) is 11.5. The Kier molecular flexibility index (Phi) is 13.5. The zero-order chi connectivity index (χ0) is 23.9. The normalized spacial score (nSPS) is 21.5. The predicted molar refractivity (Wildman–Crippen MR) is 116 cm³/mol. The van der Waals surface area contributed by atoms with Gasteiger partial charge in [-0.3, -0.25) is 15.0 Å². The molecule has 1 unspecified atom stereocenters. The molecule has 0 aliphatic carbocycles. The number of hydrazine groups is 1. The van der Waals surface area contributed by atoms with Crippen molar-refractivity contribution in [2.24, 2.45) is 11.8 Å². The average Bonchev–Trinajstić information content (AvgIpc) is 2.69. The predicted octanol–water partition coefficient (Wildman–Crippen LogP) is 2.82. The number of aliphatic carboxylic acids is 4. The molecule has 1 aliphatic heterocycles. The maximum absolute atomic E-state index is 11.6. The Morgan fingerprint density at radius 2 is 1.06 bits per heavy atom. The van der Waals surface area contributed by atoms with E-state index in [2.05, 4.69) is 5.43 Å². The second-order valence-corrected chi connectivity index (χ2v) is 8.56. The Morgan fingerprint density at radius 3 is 1.50 bits per heavy atom. The Bertz CT molecular complexity index is 533. The van der Waals surface area contributed by atoms with E-state index in [0.29, 0.717) is 19.4 Å². The molecule has 10 heteroatoms. The van der Waals surface area contributed by atoms with E-state index < -0.39 is 41.8 Å². The van der Waals surface area contributed by atoms with Gasteiger partial charge in [0.25, 0.3) is 0 Å². The van der Waals surface area contributed by atoms with E-state index in [1.165, 1.54) is 19.3 Å². The molecule has 0 amide bonds. The molecule has 5 N–H and O–H groups in total. The maximum atomic E-state index is 11.6. The van der Waals surface area contributed by atoms with Crippen molar-refractivity contribution in [2.45, 2.75) is 89.5 Å². The number of nitrogens with zero attached hydrogens (tertiary/aromatic N) is 1. The van der Waals surface area contributed by atoms with E-state index in [9.17, 15) is 39.6 Å². The van der Waals surface area contributed by atoms with Crippen molar-refractivity contribution in [3.63, 3.8) is 0 Å². The maximum Gasteiger partial charge on any atom is 0.334 e. The fourth-order valence-corrected chi connectivity index (χ4v) is 4.31. The number of carbonyl (C=O) groups is 4. The molecule has 0 spiro atoms. The van der Waals surface area contributed by atoms with Crippen molar-refractivity contribution in [1.29, 1.82) is 0 Å². The monoisotopic (exact) mass is 458 g/mol. The molecule has 184 valence electrons. The lowest BCUT2D eigenvalue weighted by Crippen LogP contribution is -2.54. The van der Waals surface area contributed by atoms with Gasteiger partial charge >= 0.3 is 23.9 Å². The van der Waals surface area contributed by atoms with E-state index in [1.807, 2.05) is 0 Å². The lowest BCUT2D eigenvalue weighted by Gasteiger charge is -2.29. The Labute approximate surface area is 189 Å². The first-order chi connectivity index (χ1) is 15.3. The standard InChI is InChI=1S/C22H38N2O8/c25-19(26)17(20(27)28)16-12-10-8-6-4-2-1-3-5-7-9-11-14-23-24(15-13-16)18(21(29)30)22(31)32/h16-18,23H,1-15H2,(H,25,26)(H,27,28)(H,29,30)(H,31,32). The molecular weight excluding hydrogens is 420 g/mol. The lowest BCUT2D eigenvalue weighted by molar-refractivity contribution is -0.162. The smallest absolute Gasteiger partial charge is 0.334 e. The van der Waals surface area contributed by atoms with Gasteiger partial charge in [0.2, 0.25) is 6.04 Å². The largest absolute Gasteiger partial charge is 0.481 e. The van der Waals surface area contributed by atoms with Crippen LogP contribution in [0.1, 0.15) is 83.5 Å². The highest BCUT2D eigenvalue weighted by Gasteiger charge is 2.37. The summed E-state index contributed by atoms with van der Waals surface area (Å²) in [7, 11) is 0. The number of nitrogens with one attached hydrogen (secondary N) is 1. The number of hydrogen-bond acceptors (Lipinski definition) is 6. The van der Waals surface area contributed by atoms with E-state index in [4.69, 9.17) is 0 Å². The van der Waals surface area contributed by atoms with Gasteiger partial charge in [0, 0.05) is 13.1 Å². The van der Waals surface area contributed by atoms with Gasteiger partial charge < -0.3 is 20.4 Å². The topological polar surface area (TPSA) is 164 Å². The van der Waals surface area contributed by atoms with Crippen molar-refractivity contribution in [2.75, 3.05) is 13.1 Å². The highest BCUT2D eigenvalue weighted by molar-refractivity contribution is 5.97. The second-order valence-electron chi connectivity index (χ2n) is 8.56. The van der Waals surface area contributed by atoms with Gasteiger partial charge in [-0.25, -0.2) is 14.6 Å². The highest BCUT2D eigenvalue weighted by atomic mass is 16.4. The second kappa shape index (κ2) is 15.6. The Balaban J connectivity index is 2.98. The molecule has 1 atom stereocenters. The molecule has 10 nitrogen and oxygen atoms in total. The average molecular weight is 459 g/mol. The quantitative estimate of drug-likeness (QED) is 0.374. The summed E-state index contributed by atoms with van der Waals surface area (Å²) < 4.78 is 0. The molecule has 1 fully saturated rings. The summed E-state index contributed by atoms with van der Waals surface area (Å²) in [5.74, 6) is -8.27. The van der Waals surface area contributed by atoms with Crippen LogP contribution in [-0.2, 0) is 19.2 Å². The lowest BCUT2D eigenvalue weighted by atomic mass is 9.84. The van der Waals surface area contributed by atoms with Gasteiger partial charge in [-0.1, -0.05) is 64.2 Å². The number of carboxylic acid groups (broad SMARTS) is 4. The first kappa shape index (κ1) is 27.8. The van der Waals surface area contributed by atoms with Crippen molar-refractivity contribution in [1.82, 2.24) is 10.4 Å². The van der Waals surface area contributed by atoms with Crippen LogP contribution in [0.2, 0.25) is 0 Å². The zero-order valence-electron chi connectivity index (χ0n) is 18.7. The first-order valence-electron chi connectivity index (χ1n) is 11.7. The first-order valence-corrected chi connectivity index (χ1v) is 11.7. The molecule has 0 radical (unpaired) electrons. The summed E-state index contributed by atoms with van der Waals surface area (Å²) in [5.41, 5.74) is 2.88. The van der Waals surface area contributed by atoms with Gasteiger partial charge in [0.05, 0.1) is 0 Å². The van der Waals surface area contributed by atoms with Crippen molar-refractivity contribution in [3.05, 3.63) is 0 Å². The van der Waals surface area contributed by atoms with Crippen LogP contribution in [-0.4, -0.2) is 68.4 Å². The summed E-state index contributed by atoms with van der Waals surface area (Å²) in [5, 5.41) is 38.8. The third-order valence-corrected chi connectivity index (χ3v) is 6.09. The minimum absolute atomic E-state index is 0.0628. The SMILES string of the molecule is O=C(O)C(C(=O)O)C1CCCCCCCCCCCCCNN(C(C(=O)O)C(=O)O)CC1. The molecule has 0 aromatic heterocycles. The number of carboxylic acids is 4. The van der Waals surface area contributed by atoms with Crippen LogP contribution in [0, 0.1) is 11.8 Å². The summed E-state index contributed by atoms with van der Waals surface area (Å²) in [4.78, 5) is 46.3. The van der Waals surface area contributed by atoms with Crippen LogP contribution in [0.4, 0.5) is 0 Å². The molecule has 0 aromatic rings. The molecule has 0 saturated carbocycles. The van der Waals surface area contributed by atoms with Crippen LogP contribution < -0.4 is 5.43 Å². The summed E-state index contributed by atoms with van der Waals surface area (Å²) in [6.45, 7) is 0.314. The number of rotatable bonds is 6. The van der Waals surface area contributed by atoms with Gasteiger partial charge in [0.1, 0.15) is 0 Å². The van der Waals surface area contributed by atoms with E-state index in [-0.39, 0.29) is 13.0 Å². The van der Waals surface area contributed by atoms with Crippen LogP contribution in [0.25, 0.3) is 0 Å². The minimum Gasteiger partial charge on any atom is -0.481 e. The molecule has 1 aliphatic rings. The molecule has 1 heterocycles. The van der Waals surface area contributed by atoms with E-state index in [1.54, 1.807) is 0 Å². The minimum atomic E-state index is -1.84. The van der Waals surface area contributed by atoms with Crippen LogP contribution in [0.15, 0.2) is 0 Å².